The Morgan fingerprint density at radius 3 is 2.08 bits per heavy atom. The van der Waals surface area contributed by atoms with Crippen molar-refractivity contribution in [2.45, 2.75) is 19.0 Å². The maximum absolute atomic E-state index is 13.0. The summed E-state index contributed by atoms with van der Waals surface area (Å²) in [5.41, 5.74) is -3.25. The Morgan fingerprint density at radius 2 is 1.52 bits per heavy atom. The molecule has 134 valence electrons. The van der Waals surface area contributed by atoms with Crippen LogP contribution in [0.5, 0.6) is 0 Å². The molecule has 25 heavy (non-hydrogen) atoms. The van der Waals surface area contributed by atoms with E-state index in [1.807, 2.05) is 0 Å². The van der Waals surface area contributed by atoms with Crippen LogP contribution in [0.1, 0.15) is 27.0 Å². The van der Waals surface area contributed by atoms with Gasteiger partial charge in [0.1, 0.15) is 6.61 Å². The third-order valence-corrected chi connectivity index (χ3v) is 3.30. The van der Waals surface area contributed by atoms with Gasteiger partial charge in [-0.1, -0.05) is 36.4 Å². The van der Waals surface area contributed by atoms with E-state index < -0.39 is 41.4 Å². The van der Waals surface area contributed by atoms with Gasteiger partial charge in [0.2, 0.25) is 0 Å². The first kappa shape index (κ1) is 19.0. The molecule has 0 amide bonds. The average molecular weight is 362 g/mol. The van der Waals surface area contributed by atoms with Crippen molar-refractivity contribution in [3.63, 3.8) is 0 Å². The van der Waals surface area contributed by atoms with Crippen molar-refractivity contribution in [1.29, 1.82) is 0 Å². The van der Waals surface area contributed by atoms with Crippen molar-refractivity contribution in [2.24, 2.45) is 0 Å². The van der Waals surface area contributed by atoms with Gasteiger partial charge >= 0.3 is 12.4 Å². The van der Waals surface area contributed by atoms with E-state index in [9.17, 15) is 31.1 Å². The molecule has 2 nitrogen and oxygen atoms in total. The molecule has 0 N–H and O–H groups in total. The lowest BCUT2D eigenvalue weighted by Gasteiger charge is -2.15. The molecule has 0 aliphatic heterocycles. The first-order valence-electron chi connectivity index (χ1n) is 7.02. The van der Waals surface area contributed by atoms with E-state index in [2.05, 4.69) is 0 Å². The lowest BCUT2D eigenvalue weighted by Crippen LogP contribution is -2.18. The highest BCUT2D eigenvalue weighted by molar-refractivity contribution is 5.98. The van der Waals surface area contributed by atoms with Crippen LogP contribution in [0.25, 0.3) is 0 Å². The number of ether oxygens (including phenoxy) is 1. The average Bonchev–Trinajstić information content (AvgIpc) is 2.53. The predicted molar refractivity (Wildman–Crippen MR) is 76.9 cm³/mol. The van der Waals surface area contributed by atoms with Gasteiger partial charge in [0.05, 0.1) is 17.7 Å². The molecule has 2 rings (SSSR count). The highest BCUT2D eigenvalue weighted by atomic mass is 19.4. The summed E-state index contributed by atoms with van der Waals surface area (Å²) in [6.45, 7) is -0.683. The molecule has 0 bridgehead atoms. The Morgan fingerprint density at radius 1 is 0.880 bits per heavy atom. The normalized spacial score (nSPS) is 12.2. The summed E-state index contributed by atoms with van der Waals surface area (Å²) in [4.78, 5) is 12.0. The van der Waals surface area contributed by atoms with Gasteiger partial charge < -0.3 is 4.74 Å². The fourth-order valence-corrected chi connectivity index (χ4v) is 2.11. The summed E-state index contributed by atoms with van der Waals surface area (Å²) < 4.78 is 81.9. The molecule has 0 heterocycles. The topological polar surface area (TPSA) is 26.3 Å². The van der Waals surface area contributed by atoms with Gasteiger partial charge in [0.15, 0.2) is 5.78 Å². The van der Waals surface area contributed by atoms with Gasteiger partial charge in [-0.15, -0.1) is 0 Å². The van der Waals surface area contributed by atoms with Crippen LogP contribution in [-0.2, 0) is 23.7 Å². The number of halogens is 6. The molecular formula is C17H12F6O2. The Balaban J connectivity index is 2.18. The lowest BCUT2D eigenvalue weighted by molar-refractivity contribution is -0.143. The molecule has 0 unspecified atom stereocenters. The molecule has 0 aliphatic rings. The summed E-state index contributed by atoms with van der Waals surface area (Å²) in [5, 5.41) is 0. The van der Waals surface area contributed by atoms with E-state index in [1.165, 1.54) is 0 Å². The summed E-state index contributed by atoms with van der Waals surface area (Å²) in [5.74, 6) is -1.04. The maximum atomic E-state index is 13.0. The number of Topliss-reactive ketones (excluding diaryl/α,β-unsaturated/α-hetero) is 1. The van der Waals surface area contributed by atoms with Crippen molar-refractivity contribution >= 4 is 5.78 Å². The van der Waals surface area contributed by atoms with Crippen LogP contribution in [0.2, 0.25) is 0 Å². The maximum Gasteiger partial charge on any atom is 0.417 e. The lowest BCUT2D eigenvalue weighted by atomic mass is 10.00. The highest BCUT2D eigenvalue weighted by Crippen LogP contribution is 2.37. The molecule has 0 saturated carbocycles. The van der Waals surface area contributed by atoms with Gasteiger partial charge in [0.25, 0.3) is 0 Å². The molecule has 2 aromatic carbocycles. The summed E-state index contributed by atoms with van der Waals surface area (Å²) in [6.07, 6.45) is -10.0. The van der Waals surface area contributed by atoms with Crippen LogP contribution in [0, 0.1) is 0 Å². The zero-order valence-electron chi connectivity index (χ0n) is 12.6. The number of ketones is 1. The first-order chi connectivity index (χ1) is 11.6. The number of carbonyl (C=O) groups is 1. The molecule has 0 atom stereocenters. The fraction of sp³-hybridized carbons (Fsp3) is 0.235. The summed E-state index contributed by atoms with van der Waals surface area (Å²) >= 11 is 0. The Kier molecular flexibility index (Phi) is 5.52. The Labute approximate surface area is 139 Å². The first-order valence-corrected chi connectivity index (χ1v) is 7.02. The minimum absolute atomic E-state index is 0.00539. The largest absolute Gasteiger partial charge is 0.417 e. The molecule has 0 aliphatic carbocycles. The van der Waals surface area contributed by atoms with E-state index >= 15 is 0 Å². The van der Waals surface area contributed by atoms with E-state index in [1.54, 1.807) is 30.3 Å². The summed E-state index contributed by atoms with van der Waals surface area (Å²) in [6, 6.07) is 9.50. The monoisotopic (exact) mass is 362 g/mol. The van der Waals surface area contributed by atoms with Crippen LogP contribution in [0.4, 0.5) is 26.3 Å². The van der Waals surface area contributed by atoms with Crippen molar-refractivity contribution in [2.75, 3.05) is 6.61 Å². The second kappa shape index (κ2) is 7.26. The van der Waals surface area contributed by atoms with Gasteiger partial charge in [-0.3, -0.25) is 4.79 Å². The van der Waals surface area contributed by atoms with Gasteiger partial charge in [0, 0.05) is 5.56 Å². The van der Waals surface area contributed by atoms with Gasteiger partial charge in [-0.25, -0.2) is 0 Å². The minimum atomic E-state index is -5.09. The predicted octanol–water partition coefficient (Wildman–Crippen LogP) is 5.12. The minimum Gasteiger partial charge on any atom is -0.369 e. The standard InChI is InChI=1S/C17H12F6O2/c18-16(19,20)12-6-7-13(14(8-12)17(21,22)23)15(24)10-25-9-11-4-2-1-3-5-11/h1-8H,9-10H2. The zero-order chi connectivity index (χ0) is 18.7. The molecule has 8 heteroatoms. The van der Waals surface area contributed by atoms with E-state index in [0.717, 1.165) is 0 Å². The van der Waals surface area contributed by atoms with Crippen LogP contribution < -0.4 is 0 Å². The number of carbonyl (C=O) groups excluding carboxylic acids is 1. The number of hydrogen-bond acceptors (Lipinski definition) is 2. The van der Waals surface area contributed by atoms with Crippen LogP contribution in [-0.4, -0.2) is 12.4 Å². The Hall–Kier alpha value is -2.35. The molecule has 2 aromatic rings. The van der Waals surface area contributed by atoms with Gasteiger partial charge in [-0.2, -0.15) is 26.3 Å². The fourth-order valence-electron chi connectivity index (χ4n) is 2.11. The number of hydrogen-bond donors (Lipinski definition) is 0. The smallest absolute Gasteiger partial charge is 0.369 e. The van der Waals surface area contributed by atoms with Crippen molar-refractivity contribution < 1.29 is 35.9 Å². The van der Waals surface area contributed by atoms with E-state index in [4.69, 9.17) is 4.74 Å². The second-order valence-electron chi connectivity index (χ2n) is 5.16. The van der Waals surface area contributed by atoms with Crippen molar-refractivity contribution in [3.05, 3.63) is 70.8 Å². The number of rotatable bonds is 5. The van der Waals surface area contributed by atoms with Crippen molar-refractivity contribution in [1.82, 2.24) is 0 Å². The molecule has 0 fully saturated rings. The third-order valence-electron chi connectivity index (χ3n) is 3.30. The third kappa shape index (κ3) is 5.06. The van der Waals surface area contributed by atoms with Crippen molar-refractivity contribution in [3.8, 4) is 0 Å². The SMILES string of the molecule is O=C(COCc1ccccc1)c1ccc(C(F)(F)F)cc1C(F)(F)F. The quantitative estimate of drug-likeness (QED) is 0.545. The molecular weight excluding hydrogens is 350 g/mol. The van der Waals surface area contributed by atoms with E-state index in [-0.39, 0.29) is 12.7 Å². The van der Waals surface area contributed by atoms with E-state index in [0.29, 0.717) is 17.7 Å². The Bertz CT molecular complexity index is 735. The molecule has 0 radical (unpaired) electrons. The highest BCUT2D eigenvalue weighted by Gasteiger charge is 2.39. The zero-order valence-corrected chi connectivity index (χ0v) is 12.6. The second-order valence-corrected chi connectivity index (χ2v) is 5.16. The molecule has 0 saturated heterocycles. The van der Waals surface area contributed by atoms with Crippen LogP contribution in [0.15, 0.2) is 48.5 Å². The number of benzene rings is 2. The van der Waals surface area contributed by atoms with Crippen LogP contribution >= 0.6 is 0 Å². The summed E-state index contributed by atoms with van der Waals surface area (Å²) in [7, 11) is 0. The molecule has 0 aromatic heterocycles. The number of alkyl halides is 6. The molecule has 0 spiro atoms. The van der Waals surface area contributed by atoms with Gasteiger partial charge in [-0.05, 0) is 17.7 Å². The van der Waals surface area contributed by atoms with Crippen LogP contribution in [0.3, 0.4) is 0 Å².